The van der Waals surface area contributed by atoms with Gasteiger partial charge in [0.15, 0.2) is 0 Å². The van der Waals surface area contributed by atoms with E-state index in [1.54, 1.807) is 12.1 Å². The molecule has 94 valence electrons. The number of rotatable bonds is 6. The maximum absolute atomic E-state index is 10.9. The first-order chi connectivity index (χ1) is 8.10. The van der Waals surface area contributed by atoms with Gasteiger partial charge < -0.3 is 5.32 Å². The highest BCUT2D eigenvalue weighted by atomic mass is 35.5. The van der Waals surface area contributed by atoms with Crippen molar-refractivity contribution in [1.82, 2.24) is 5.32 Å². The Morgan fingerprint density at radius 3 is 2.59 bits per heavy atom. The van der Waals surface area contributed by atoms with Crippen LogP contribution >= 0.6 is 11.6 Å². The molecule has 0 spiro atoms. The highest BCUT2D eigenvalue weighted by Crippen LogP contribution is 2.26. The first-order valence-electron chi connectivity index (χ1n) is 5.75. The normalized spacial score (nSPS) is 10.8. The summed E-state index contributed by atoms with van der Waals surface area (Å²) in [5, 5.41) is 14.6. The molecule has 1 aromatic carbocycles. The van der Waals surface area contributed by atoms with Crippen LogP contribution in [0.25, 0.3) is 0 Å². The second kappa shape index (κ2) is 6.57. The van der Waals surface area contributed by atoms with Crippen molar-refractivity contribution in [3.05, 3.63) is 38.9 Å². The third-order valence-electron chi connectivity index (χ3n) is 2.84. The number of nitro benzene ring substituents is 1. The zero-order valence-corrected chi connectivity index (χ0v) is 10.8. The molecule has 0 atom stereocenters. The lowest BCUT2D eigenvalue weighted by Crippen LogP contribution is -2.27. The number of nitro groups is 1. The first-order valence-corrected chi connectivity index (χ1v) is 6.13. The molecule has 0 aromatic heterocycles. The molecule has 0 bridgehead atoms. The van der Waals surface area contributed by atoms with Crippen LogP contribution in [-0.2, 0) is 6.54 Å². The van der Waals surface area contributed by atoms with E-state index in [1.807, 2.05) is 0 Å². The Morgan fingerprint density at radius 1 is 1.41 bits per heavy atom. The Bertz CT molecular complexity index is 392. The van der Waals surface area contributed by atoms with Crippen molar-refractivity contribution in [3.8, 4) is 0 Å². The lowest BCUT2D eigenvalue weighted by atomic mass is 10.1. The summed E-state index contributed by atoms with van der Waals surface area (Å²) in [7, 11) is 0. The van der Waals surface area contributed by atoms with E-state index in [-0.39, 0.29) is 5.69 Å². The average molecular weight is 257 g/mol. The zero-order chi connectivity index (χ0) is 12.8. The average Bonchev–Trinajstić information content (AvgIpc) is 2.31. The van der Waals surface area contributed by atoms with Crippen LogP contribution in [0.3, 0.4) is 0 Å². The maximum Gasteiger partial charge on any atom is 0.275 e. The molecular weight excluding hydrogens is 240 g/mol. The van der Waals surface area contributed by atoms with Crippen LogP contribution in [0.15, 0.2) is 18.2 Å². The Balaban J connectivity index is 2.85. The van der Waals surface area contributed by atoms with Crippen molar-refractivity contribution in [3.63, 3.8) is 0 Å². The summed E-state index contributed by atoms with van der Waals surface area (Å²) >= 11 is 6.00. The topological polar surface area (TPSA) is 55.2 Å². The second-order valence-electron chi connectivity index (χ2n) is 3.89. The van der Waals surface area contributed by atoms with Crippen LogP contribution in [0.2, 0.25) is 5.02 Å². The summed E-state index contributed by atoms with van der Waals surface area (Å²) < 4.78 is 0. The molecule has 1 N–H and O–H groups in total. The predicted octanol–water partition coefficient (Wildman–Crippen LogP) is 3.53. The van der Waals surface area contributed by atoms with Crippen molar-refractivity contribution in [2.45, 2.75) is 39.3 Å². The second-order valence-corrected chi connectivity index (χ2v) is 4.30. The smallest absolute Gasteiger partial charge is 0.275 e. The SMILES string of the molecule is CCC(CC)NCc1c(Cl)cccc1[N+](=O)[O-]. The Morgan fingerprint density at radius 2 is 2.06 bits per heavy atom. The molecule has 5 heteroatoms. The van der Waals surface area contributed by atoms with Crippen molar-refractivity contribution in [2.24, 2.45) is 0 Å². The minimum Gasteiger partial charge on any atom is -0.310 e. The Kier molecular flexibility index (Phi) is 5.38. The van der Waals surface area contributed by atoms with Gasteiger partial charge in [-0.25, -0.2) is 0 Å². The summed E-state index contributed by atoms with van der Waals surface area (Å²) in [6.07, 6.45) is 1.99. The standard InChI is InChI=1S/C12H17ClN2O2/c1-3-9(4-2)14-8-10-11(13)6-5-7-12(10)15(16)17/h5-7,9,14H,3-4,8H2,1-2H3. The largest absolute Gasteiger partial charge is 0.310 e. The van der Waals surface area contributed by atoms with Crippen molar-refractivity contribution >= 4 is 17.3 Å². The number of nitrogens with one attached hydrogen (secondary N) is 1. The molecule has 0 amide bonds. The molecule has 17 heavy (non-hydrogen) atoms. The summed E-state index contributed by atoms with van der Waals surface area (Å²) in [6.45, 7) is 4.60. The number of hydrogen-bond acceptors (Lipinski definition) is 3. The minimum atomic E-state index is -0.393. The highest BCUT2D eigenvalue weighted by molar-refractivity contribution is 6.31. The number of hydrogen-bond donors (Lipinski definition) is 1. The van der Waals surface area contributed by atoms with E-state index >= 15 is 0 Å². The number of benzene rings is 1. The van der Waals surface area contributed by atoms with Crippen LogP contribution in [0.4, 0.5) is 5.69 Å². The van der Waals surface area contributed by atoms with Crippen molar-refractivity contribution in [1.29, 1.82) is 0 Å². The molecule has 1 aromatic rings. The van der Waals surface area contributed by atoms with E-state index in [9.17, 15) is 10.1 Å². The van der Waals surface area contributed by atoms with E-state index in [1.165, 1.54) is 6.07 Å². The molecular formula is C12H17ClN2O2. The van der Waals surface area contributed by atoms with Gasteiger partial charge in [0.25, 0.3) is 5.69 Å². The van der Waals surface area contributed by atoms with Crippen LogP contribution in [0, 0.1) is 10.1 Å². The molecule has 0 heterocycles. The van der Waals surface area contributed by atoms with Gasteiger partial charge in [0, 0.05) is 18.7 Å². The van der Waals surface area contributed by atoms with Gasteiger partial charge in [0.05, 0.1) is 15.5 Å². The fraction of sp³-hybridized carbons (Fsp3) is 0.500. The molecule has 0 unspecified atom stereocenters. The van der Waals surface area contributed by atoms with E-state index in [0.717, 1.165) is 12.8 Å². The molecule has 0 radical (unpaired) electrons. The maximum atomic E-state index is 10.9. The summed E-state index contributed by atoms with van der Waals surface area (Å²) in [5.41, 5.74) is 0.641. The van der Waals surface area contributed by atoms with Crippen LogP contribution < -0.4 is 5.32 Å². The van der Waals surface area contributed by atoms with Gasteiger partial charge in [-0.2, -0.15) is 0 Å². The van der Waals surface area contributed by atoms with Crippen LogP contribution in [-0.4, -0.2) is 11.0 Å². The third kappa shape index (κ3) is 3.68. The van der Waals surface area contributed by atoms with E-state index in [2.05, 4.69) is 19.2 Å². The monoisotopic (exact) mass is 256 g/mol. The van der Waals surface area contributed by atoms with Crippen molar-refractivity contribution < 1.29 is 4.92 Å². The van der Waals surface area contributed by atoms with Gasteiger partial charge in [0.1, 0.15) is 0 Å². The van der Waals surface area contributed by atoms with Crippen LogP contribution in [0.5, 0.6) is 0 Å². The minimum absolute atomic E-state index is 0.0796. The summed E-state index contributed by atoms with van der Waals surface area (Å²) in [6, 6.07) is 5.13. The Hall–Kier alpha value is -1.13. The highest BCUT2D eigenvalue weighted by Gasteiger charge is 2.16. The molecule has 1 rings (SSSR count). The lowest BCUT2D eigenvalue weighted by Gasteiger charge is -2.15. The van der Waals surface area contributed by atoms with E-state index in [0.29, 0.717) is 23.2 Å². The lowest BCUT2D eigenvalue weighted by molar-refractivity contribution is -0.385. The van der Waals surface area contributed by atoms with Gasteiger partial charge >= 0.3 is 0 Å². The van der Waals surface area contributed by atoms with E-state index in [4.69, 9.17) is 11.6 Å². The number of nitrogens with zero attached hydrogens (tertiary/aromatic N) is 1. The molecule has 0 aliphatic rings. The van der Waals surface area contributed by atoms with Crippen molar-refractivity contribution in [2.75, 3.05) is 0 Å². The van der Waals surface area contributed by atoms with Gasteiger partial charge in [0.2, 0.25) is 0 Å². The third-order valence-corrected chi connectivity index (χ3v) is 3.20. The molecule has 4 nitrogen and oxygen atoms in total. The first kappa shape index (κ1) is 13.9. The molecule has 0 aliphatic heterocycles. The molecule has 0 saturated heterocycles. The molecule has 0 aliphatic carbocycles. The molecule has 0 saturated carbocycles. The van der Waals surface area contributed by atoms with Gasteiger partial charge in [-0.1, -0.05) is 31.5 Å². The predicted molar refractivity (Wildman–Crippen MR) is 69.3 cm³/mol. The van der Waals surface area contributed by atoms with E-state index < -0.39 is 4.92 Å². The molecule has 0 fully saturated rings. The number of halogens is 1. The van der Waals surface area contributed by atoms with Gasteiger partial charge in [-0.05, 0) is 18.9 Å². The summed E-state index contributed by atoms with van der Waals surface area (Å²) in [5.74, 6) is 0. The van der Waals surface area contributed by atoms with Gasteiger partial charge in [-0.3, -0.25) is 10.1 Å². The quantitative estimate of drug-likeness (QED) is 0.626. The van der Waals surface area contributed by atoms with Crippen LogP contribution in [0.1, 0.15) is 32.3 Å². The fourth-order valence-electron chi connectivity index (χ4n) is 1.72. The fourth-order valence-corrected chi connectivity index (χ4v) is 1.95. The van der Waals surface area contributed by atoms with Gasteiger partial charge in [-0.15, -0.1) is 0 Å². The summed E-state index contributed by atoms with van der Waals surface area (Å²) in [4.78, 5) is 10.5. The zero-order valence-electron chi connectivity index (χ0n) is 10.1. The Labute approximate surface area is 106 Å².